The molecule has 0 radical (unpaired) electrons. The summed E-state index contributed by atoms with van der Waals surface area (Å²) >= 11 is 0. The van der Waals surface area contributed by atoms with E-state index in [1.165, 1.54) is 0 Å². The molecule has 1 aliphatic heterocycles. The molecular formula is C13H15N5O. The van der Waals surface area contributed by atoms with Crippen LogP contribution in [0.25, 0.3) is 5.82 Å². The third-order valence-corrected chi connectivity index (χ3v) is 3.17. The molecule has 2 N–H and O–H groups in total. The van der Waals surface area contributed by atoms with Gasteiger partial charge in [0, 0.05) is 36.7 Å². The SMILES string of the molecule is O=C(NC1CCNC1)c1ccnc(-n2ccnc2)c1. The molecule has 1 unspecified atom stereocenters. The Morgan fingerprint density at radius 1 is 1.47 bits per heavy atom. The number of hydrogen-bond donors (Lipinski definition) is 2. The van der Waals surface area contributed by atoms with Crippen molar-refractivity contribution in [2.24, 2.45) is 0 Å². The average Bonchev–Trinajstić information content (AvgIpc) is 3.12. The van der Waals surface area contributed by atoms with Gasteiger partial charge < -0.3 is 10.6 Å². The van der Waals surface area contributed by atoms with Crippen LogP contribution >= 0.6 is 0 Å². The van der Waals surface area contributed by atoms with Gasteiger partial charge in [0.05, 0.1) is 0 Å². The van der Waals surface area contributed by atoms with E-state index in [1.54, 1.807) is 41.6 Å². The number of aromatic nitrogens is 3. The zero-order valence-electron chi connectivity index (χ0n) is 10.4. The summed E-state index contributed by atoms with van der Waals surface area (Å²) in [5.74, 6) is 0.632. The first-order chi connectivity index (χ1) is 9.33. The van der Waals surface area contributed by atoms with Crippen molar-refractivity contribution in [2.45, 2.75) is 12.5 Å². The summed E-state index contributed by atoms with van der Waals surface area (Å²) in [6, 6.07) is 3.70. The number of carbonyl (C=O) groups excluding carboxylic acids is 1. The lowest BCUT2D eigenvalue weighted by Crippen LogP contribution is -2.36. The zero-order valence-corrected chi connectivity index (χ0v) is 10.4. The van der Waals surface area contributed by atoms with Crippen LogP contribution in [-0.2, 0) is 0 Å². The summed E-state index contributed by atoms with van der Waals surface area (Å²) in [5, 5.41) is 6.24. The minimum Gasteiger partial charge on any atom is -0.348 e. The van der Waals surface area contributed by atoms with Gasteiger partial charge in [0.2, 0.25) is 0 Å². The molecule has 6 nitrogen and oxygen atoms in total. The van der Waals surface area contributed by atoms with Crippen molar-refractivity contribution in [3.8, 4) is 5.82 Å². The molecule has 1 atom stereocenters. The van der Waals surface area contributed by atoms with Crippen LogP contribution in [-0.4, -0.2) is 39.6 Å². The third-order valence-electron chi connectivity index (χ3n) is 3.17. The second kappa shape index (κ2) is 5.19. The van der Waals surface area contributed by atoms with Crippen molar-refractivity contribution in [2.75, 3.05) is 13.1 Å². The summed E-state index contributed by atoms with van der Waals surface area (Å²) < 4.78 is 1.77. The van der Waals surface area contributed by atoms with Crippen LogP contribution < -0.4 is 10.6 Å². The smallest absolute Gasteiger partial charge is 0.251 e. The molecular weight excluding hydrogens is 242 g/mol. The molecule has 1 fully saturated rings. The molecule has 98 valence electrons. The van der Waals surface area contributed by atoms with Crippen molar-refractivity contribution in [1.82, 2.24) is 25.2 Å². The minimum atomic E-state index is -0.0579. The quantitative estimate of drug-likeness (QED) is 0.832. The van der Waals surface area contributed by atoms with Gasteiger partial charge in [0.1, 0.15) is 12.1 Å². The lowest BCUT2D eigenvalue weighted by atomic mass is 10.2. The lowest BCUT2D eigenvalue weighted by Gasteiger charge is -2.11. The number of nitrogens with one attached hydrogen (secondary N) is 2. The average molecular weight is 257 g/mol. The first-order valence-corrected chi connectivity index (χ1v) is 6.29. The fourth-order valence-corrected chi connectivity index (χ4v) is 2.14. The van der Waals surface area contributed by atoms with Crippen LogP contribution in [0.2, 0.25) is 0 Å². The van der Waals surface area contributed by atoms with Crippen molar-refractivity contribution in [3.63, 3.8) is 0 Å². The van der Waals surface area contributed by atoms with E-state index >= 15 is 0 Å². The van der Waals surface area contributed by atoms with Gasteiger partial charge in [-0.2, -0.15) is 0 Å². The molecule has 3 rings (SSSR count). The monoisotopic (exact) mass is 257 g/mol. The van der Waals surface area contributed by atoms with Gasteiger partial charge in [-0.1, -0.05) is 0 Å². The van der Waals surface area contributed by atoms with Crippen LogP contribution in [0, 0.1) is 0 Å². The number of nitrogens with zero attached hydrogens (tertiary/aromatic N) is 3. The van der Waals surface area contributed by atoms with Gasteiger partial charge in [-0.3, -0.25) is 9.36 Å². The van der Waals surface area contributed by atoms with E-state index in [0.717, 1.165) is 19.5 Å². The molecule has 1 aliphatic rings. The third kappa shape index (κ3) is 2.63. The van der Waals surface area contributed by atoms with Gasteiger partial charge in [-0.05, 0) is 25.1 Å². The van der Waals surface area contributed by atoms with Crippen LogP contribution in [0.4, 0.5) is 0 Å². The highest BCUT2D eigenvalue weighted by Gasteiger charge is 2.17. The van der Waals surface area contributed by atoms with E-state index in [4.69, 9.17) is 0 Å². The number of pyridine rings is 1. The fourth-order valence-electron chi connectivity index (χ4n) is 2.14. The highest BCUT2D eigenvalue weighted by atomic mass is 16.1. The Bertz CT molecular complexity index is 560. The molecule has 2 aromatic rings. The Morgan fingerprint density at radius 2 is 2.42 bits per heavy atom. The minimum absolute atomic E-state index is 0.0579. The maximum absolute atomic E-state index is 12.1. The Hall–Kier alpha value is -2.21. The van der Waals surface area contributed by atoms with Gasteiger partial charge in [0.15, 0.2) is 0 Å². The molecule has 0 aromatic carbocycles. The summed E-state index contributed by atoms with van der Waals surface area (Å²) in [6.07, 6.45) is 7.75. The van der Waals surface area contributed by atoms with Crippen LogP contribution in [0.1, 0.15) is 16.8 Å². The highest BCUT2D eigenvalue weighted by Crippen LogP contribution is 2.08. The van der Waals surface area contributed by atoms with Crippen molar-refractivity contribution >= 4 is 5.91 Å². The van der Waals surface area contributed by atoms with Gasteiger partial charge in [0.25, 0.3) is 5.91 Å². The normalized spacial score (nSPS) is 18.4. The van der Waals surface area contributed by atoms with Crippen LogP contribution in [0.3, 0.4) is 0 Å². The fraction of sp³-hybridized carbons (Fsp3) is 0.308. The molecule has 1 saturated heterocycles. The Kier molecular flexibility index (Phi) is 3.24. The Balaban J connectivity index is 1.77. The summed E-state index contributed by atoms with van der Waals surface area (Å²) in [7, 11) is 0. The van der Waals surface area contributed by atoms with Crippen molar-refractivity contribution < 1.29 is 4.79 Å². The Labute approximate surface area is 110 Å². The van der Waals surface area contributed by atoms with E-state index in [1.807, 2.05) is 0 Å². The first kappa shape index (κ1) is 11.9. The zero-order chi connectivity index (χ0) is 13.1. The number of rotatable bonds is 3. The van der Waals surface area contributed by atoms with Crippen molar-refractivity contribution in [1.29, 1.82) is 0 Å². The first-order valence-electron chi connectivity index (χ1n) is 6.29. The van der Waals surface area contributed by atoms with E-state index in [0.29, 0.717) is 11.4 Å². The second-order valence-corrected chi connectivity index (χ2v) is 4.54. The topological polar surface area (TPSA) is 71.8 Å². The van der Waals surface area contributed by atoms with E-state index in [2.05, 4.69) is 20.6 Å². The van der Waals surface area contributed by atoms with E-state index in [-0.39, 0.29) is 11.9 Å². The van der Waals surface area contributed by atoms with Crippen LogP contribution in [0.5, 0.6) is 0 Å². The summed E-state index contributed by atoms with van der Waals surface area (Å²) in [5.41, 5.74) is 0.616. The molecule has 3 heterocycles. The van der Waals surface area contributed by atoms with Crippen LogP contribution in [0.15, 0.2) is 37.1 Å². The Morgan fingerprint density at radius 3 is 3.16 bits per heavy atom. The molecule has 0 aliphatic carbocycles. The summed E-state index contributed by atoms with van der Waals surface area (Å²) in [4.78, 5) is 20.3. The largest absolute Gasteiger partial charge is 0.348 e. The molecule has 0 bridgehead atoms. The number of hydrogen-bond acceptors (Lipinski definition) is 4. The maximum atomic E-state index is 12.1. The van der Waals surface area contributed by atoms with Gasteiger partial charge >= 0.3 is 0 Å². The number of carbonyl (C=O) groups is 1. The molecule has 2 aromatic heterocycles. The molecule has 6 heteroatoms. The second-order valence-electron chi connectivity index (χ2n) is 4.54. The summed E-state index contributed by atoms with van der Waals surface area (Å²) in [6.45, 7) is 1.80. The van der Waals surface area contributed by atoms with Gasteiger partial charge in [-0.25, -0.2) is 9.97 Å². The number of amides is 1. The van der Waals surface area contributed by atoms with Gasteiger partial charge in [-0.15, -0.1) is 0 Å². The number of imidazole rings is 1. The van der Waals surface area contributed by atoms with E-state index in [9.17, 15) is 4.79 Å². The maximum Gasteiger partial charge on any atom is 0.251 e. The van der Waals surface area contributed by atoms with Crippen molar-refractivity contribution in [3.05, 3.63) is 42.6 Å². The van der Waals surface area contributed by atoms with E-state index < -0.39 is 0 Å². The predicted octanol–water partition coefficient (Wildman–Crippen LogP) is 0.359. The highest BCUT2D eigenvalue weighted by molar-refractivity contribution is 5.94. The molecule has 19 heavy (non-hydrogen) atoms. The molecule has 0 spiro atoms. The lowest BCUT2D eigenvalue weighted by molar-refractivity contribution is 0.0940. The predicted molar refractivity (Wildman–Crippen MR) is 70.1 cm³/mol. The standard InChI is InChI=1S/C13H15N5O/c19-13(17-11-2-3-14-8-11)10-1-4-16-12(7-10)18-6-5-15-9-18/h1,4-7,9,11,14H,2-3,8H2,(H,17,19). The molecule has 0 saturated carbocycles. The molecule has 1 amide bonds.